The number of fused-ring (bicyclic) bond motifs is 1. The van der Waals surface area contributed by atoms with Crippen molar-refractivity contribution in [2.24, 2.45) is 5.92 Å². The summed E-state index contributed by atoms with van der Waals surface area (Å²) in [6, 6.07) is 14.0. The first-order chi connectivity index (χ1) is 15.3. The maximum atomic E-state index is 12.8. The monoisotopic (exact) mass is 418 g/mol. The van der Waals surface area contributed by atoms with Gasteiger partial charge in [-0.2, -0.15) is 0 Å². The van der Waals surface area contributed by atoms with E-state index in [1.54, 1.807) is 0 Å². The van der Waals surface area contributed by atoms with Gasteiger partial charge in [0, 0.05) is 38.6 Å². The molecular weight excluding hydrogens is 388 g/mol. The molecule has 2 aliphatic rings. The molecule has 1 aliphatic carbocycles. The molecule has 0 atom stereocenters. The second kappa shape index (κ2) is 9.20. The van der Waals surface area contributed by atoms with Crippen LogP contribution in [-0.4, -0.2) is 42.0 Å². The van der Waals surface area contributed by atoms with E-state index in [1.165, 1.54) is 12.0 Å². The lowest BCUT2D eigenvalue weighted by molar-refractivity contribution is -0.120. The summed E-state index contributed by atoms with van der Waals surface area (Å²) < 4.78 is 6.16. The Labute approximate surface area is 183 Å². The summed E-state index contributed by atoms with van der Waals surface area (Å²) in [5.41, 5.74) is 4.46. The lowest BCUT2D eigenvalue weighted by atomic mass is 9.88. The van der Waals surface area contributed by atoms with Crippen LogP contribution in [0.2, 0.25) is 0 Å². The first kappa shape index (κ1) is 20.2. The molecule has 162 valence electrons. The smallest absolute Gasteiger partial charge is 0.229 e. The molecule has 5 rings (SSSR count). The second-order valence-electron chi connectivity index (χ2n) is 8.72. The van der Waals surface area contributed by atoms with Gasteiger partial charge in [0.05, 0.1) is 11.3 Å². The van der Waals surface area contributed by atoms with Crippen molar-refractivity contribution in [2.45, 2.75) is 38.6 Å². The fourth-order valence-corrected chi connectivity index (χ4v) is 4.69. The number of piperazine rings is 1. The van der Waals surface area contributed by atoms with E-state index in [0.29, 0.717) is 5.89 Å². The molecule has 1 aromatic heterocycles. The van der Waals surface area contributed by atoms with Gasteiger partial charge in [-0.1, -0.05) is 37.5 Å². The second-order valence-corrected chi connectivity index (χ2v) is 8.72. The van der Waals surface area contributed by atoms with Crippen molar-refractivity contribution in [3.63, 3.8) is 0 Å². The van der Waals surface area contributed by atoms with E-state index in [9.17, 15) is 4.79 Å². The number of benzene rings is 2. The molecule has 2 N–H and O–H groups in total. The normalized spacial score (nSPS) is 18.3. The molecule has 1 saturated carbocycles. The summed E-state index contributed by atoms with van der Waals surface area (Å²) in [7, 11) is 0. The molecule has 0 spiro atoms. The molecule has 1 amide bonds. The summed E-state index contributed by atoms with van der Waals surface area (Å²) in [5.74, 6) is 0.772. The molecule has 2 heterocycles. The van der Waals surface area contributed by atoms with Gasteiger partial charge in [-0.3, -0.25) is 9.69 Å². The zero-order valence-corrected chi connectivity index (χ0v) is 17.9. The molecule has 0 unspecified atom stereocenters. The number of nitrogens with one attached hydrogen (secondary N) is 2. The van der Waals surface area contributed by atoms with Crippen molar-refractivity contribution in [1.29, 1.82) is 0 Å². The van der Waals surface area contributed by atoms with E-state index in [4.69, 9.17) is 9.40 Å². The van der Waals surface area contributed by atoms with E-state index in [-0.39, 0.29) is 11.8 Å². The van der Waals surface area contributed by atoms with Gasteiger partial charge in [0.15, 0.2) is 5.58 Å². The predicted octanol–water partition coefficient (Wildman–Crippen LogP) is 4.42. The van der Waals surface area contributed by atoms with Gasteiger partial charge >= 0.3 is 0 Å². The summed E-state index contributed by atoms with van der Waals surface area (Å²) >= 11 is 0. The highest BCUT2D eigenvalue weighted by atomic mass is 16.3. The van der Waals surface area contributed by atoms with Crippen LogP contribution in [0.4, 0.5) is 5.69 Å². The number of hydrogen-bond donors (Lipinski definition) is 2. The minimum Gasteiger partial charge on any atom is -0.436 e. The molecule has 0 bridgehead atoms. The number of rotatable bonds is 5. The predicted molar refractivity (Wildman–Crippen MR) is 123 cm³/mol. The van der Waals surface area contributed by atoms with E-state index in [0.717, 1.165) is 80.8 Å². The molecule has 31 heavy (non-hydrogen) atoms. The van der Waals surface area contributed by atoms with Gasteiger partial charge in [-0.25, -0.2) is 4.98 Å². The maximum Gasteiger partial charge on any atom is 0.229 e. The average molecular weight is 419 g/mol. The van der Waals surface area contributed by atoms with E-state index >= 15 is 0 Å². The fourth-order valence-electron chi connectivity index (χ4n) is 4.69. The highest BCUT2D eigenvalue weighted by molar-refractivity contribution is 5.96. The number of aromatic nitrogens is 1. The molecule has 1 saturated heterocycles. The van der Waals surface area contributed by atoms with Gasteiger partial charge in [-0.15, -0.1) is 0 Å². The quantitative estimate of drug-likeness (QED) is 0.642. The molecule has 6 heteroatoms. The van der Waals surface area contributed by atoms with E-state index < -0.39 is 0 Å². The highest BCUT2D eigenvalue weighted by Crippen LogP contribution is 2.32. The summed E-state index contributed by atoms with van der Waals surface area (Å²) in [5, 5.41) is 6.53. The Balaban J connectivity index is 1.37. The van der Waals surface area contributed by atoms with Crippen molar-refractivity contribution in [1.82, 2.24) is 15.2 Å². The van der Waals surface area contributed by atoms with Crippen molar-refractivity contribution < 1.29 is 9.21 Å². The average Bonchev–Trinajstić information content (AvgIpc) is 3.24. The molecule has 0 radical (unpaired) electrons. The largest absolute Gasteiger partial charge is 0.436 e. The summed E-state index contributed by atoms with van der Waals surface area (Å²) in [6.45, 7) is 5.12. The SMILES string of the molecule is O=C(Nc1ccccc1-c1nc2ccc(CN3CCNCC3)cc2o1)C1CCCCC1. The Morgan fingerprint density at radius 2 is 1.90 bits per heavy atom. The minimum atomic E-state index is 0.109. The first-order valence-corrected chi connectivity index (χ1v) is 11.5. The summed E-state index contributed by atoms with van der Waals surface area (Å²) in [6.07, 6.45) is 5.47. The third kappa shape index (κ3) is 4.65. The van der Waals surface area contributed by atoms with Crippen molar-refractivity contribution in [3.05, 3.63) is 48.0 Å². The molecule has 2 fully saturated rings. The van der Waals surface area contributed by atoms with Gasteiger partial charge in [0.2, 0.25) is 11.8 Å². The van der Waals surface area contributed by atoms with Crippen LogP contribution in [0.5, 0.6) is 0 Å². The Morgan fingerprint density at radius 1 is 1.10 bits per heavy atom. The zero-order chi connectivity index (χ0) is 21.0. The number of anilines is 1. The maximum absolute atomic E-state index is 12.8. The zero-order valence-electron chi connectivity index (χ0n) is 17.9. The number of carbonyl (C=O) groups excluding carboxylic acids is 1. The lowest BCUT2D eigenvalue weighted by Crippen LogP contribution is -2.42. The van der Waals surface area contributed by atoms with Crippen LogP contribution in [0.15, 0.2) is 46.9 Å². The molecule has 1 aliphatic heterocycles. The number of hydrogen-bond acceptors (Lipinski definition) is 5. The van der Waals surface area contributed by atoms with Crippen LogP contribution < -0.4 is 10.6 Å². The Morgan fingerprint density at radius 3 is 2.74 bits per heavy atom. The molecule has 2 aromatic carbocycles. The first-order valence-electron chi connectivity index (χ1n) is 11.5. The number of carbonyl (C=O) groups is 1. The third-order valence-corrected chi connectivity index (χ3v) is 6.46. The van der Waals surface area contributed by atoms with Crippen LogP contribution in [0.3, 0.4) is 0 Å². The van der Waals surface area contributed by atoms with Crippen molar-refractivity contribution in [3.8, 4) is 11.5 Å². The van der Waals surface area contributed by atoms with Gasteiger partial charge in [0.1, 0.15) is 5.52 Å². The van der Waals surface area contributed by atoms with Crippen LogP contribution >= 0.6 is 0 Å². The number of nitrogens with zero attached hydrogens (tertiary/aromatic N) is 2. The van der Waals surface area contributed by atoms with E-state index in [2.05, 4.69) is 27.7 Å². The molecule has 3 aromatic rings. The van der Waals surface area contributed by atoms with Gasteiger partial charge < -0.3 is 15.1 Å². The topological polar surface area (TPSA) is 70.4 Å². The standard InChI is InChI=1S/C25H30N4O2/c30-24(19-6-2-1-3-7-19)27-21-9-5-4-8-20(21)25-28-22-11-10-18(16-23(22)31-25)17-29-14-12-26-13-15-29/h4-5,8-11,16,19,26H,1-3,6-7,12-15,17H2,(H,27,30). The molecule has 6 nitrogen and oxygen atoms in total. The van der Waals surface area contributed by atoms with Crippen LogP contribution in [0.1, 0.15) is 37.7 Å². The summed E-state index contributed by atoms with van der Waals surface area (Å²) in [4.78, 5) is 19.9. The van der Waals surface area contributed by atoms with E-state index in [1.807, 2.05) is 30.3 Å². The van der Waals surface area contributed by atoms with Crippen molar-refractivity contribution in [2.75, 3.05) is 31.5 Å². The van der Waals surface area contributed by atoms with Gasteiger partial charge in [0.25, 0.3) is 0 Å². The van der Waals surface area contributed by atoms with Crippen LogP contribution in [0, 0.1) is 5.92 Å². The van der Waals surface area contributed by atoms with Crippen molar-refractivity contribution >= 4 is 22.7 Å². The third-order valence-electron chi connectivity index (χ3n) is 6.46. The number of amides is 1. The van der Waals surface area contributed by atoms with Gasteiger partial charge in [-0.05, 0) is 42.7 Å². The minimum absolute atomic E-state index is 0.109. The number of oxazole rings is 1. The Kier molecular flexibility index (Phi) is 6.00. The Hall–Kier alpha value is -2.70. The molecular formula is C25H30N4O2. The van der Waals surface area contributed by atoms with Crippen LogP contribution in [0.25, 0.3) is 22.6 Å². The lowest BCUT2D eigenvalue weighted by Gasteiger charge is -2.27. The Bertz CT molecular complexity index is 1050. The fraction of sp³-hybridized carbons (Fsp3) is 0.440. The van der Waals surface area contributed by atoms with Crippen LogP contribution in [-0.2, 0) is 11.3 Å². The number of para-hydroxylation sites is 1. The highest BCUT2D eigenvalue weighted by Gasteiger charge is 2.22.